The van der Waals surface area contributed by atoms with Crippen LogP contribution in [0.2, 0.25) is 4.34 Å². The molecule has 1 aromatic heterocycles. The summed E-state index contributed by atoms with van der Waals surface area (Å²) in [4.78, 5) is 0. The lowest BCUT2D eigenvalue weighted by Gasteiger charge is -2.34. The van der Waals surface area contributed by atoms with Crippen molar-refractivity contribution in [2.75, 3.05) is 17.9 Å². The summed E-state index contributed by atoms with van der Waals surface area (Å²) < 4.78 is 27.9. The smallest absolute Gasteiger partial charge is 0.273 e. The molecule has 3 rings (SSSR count). The van der Waals surface area contributed by atoms with Crippen molar-refractivity contribution in [2.24, 2.45) is 0 Å². The van der Waals surface area contributed by atoms with Gasteiger partial charge in [-0.3, -0.25) is 4.31 Å². The number of sulfonamides is 1. The number of halogens is 1. The minimum atomic E-state index is -3.55. The monoisotopic (exact) mass is 342 g/mol. The number of nitrogens with zero attached hydrogens (tertiary/aromatic N) is 1. The van der Waals surface area contributed by atoms with Gasteiger partial charge in [0.15, 0.2) is 0 Å². The van der Waals surface area contributed by atoms with Gasteiger partial charge in [0.1, 0.15) is 4.21 Å². The van der Waals surface area contributed by atoms with E-state index >= 15 is 0 Å². The molecule has 0 saturated carbocycles. The normalized spacial score (nSPS) is 18.6. The number of hydrogen-bond donors (Lipinski definition) is 1. The van der Waals surface area contributed by atoms with Crippen LogP contribution in [-0.2, 0) is 10.0 Å². The van der Waals surface area contributed by atoms with Gasteiger partial charge in [-0.05, 0) is 37.2 Å². The van der Waals surface area contributed by atoms with Gasteiger partial charge in [0, 0.05) is 12.6 Å². The van der Waals surface area contributed by atoms with E-state index in [-0.39, 0.29) is 10.3 Å². The summed E-state index contributed by atoms with van der Waals surface area (Å²) in [6.45, 7) is 0.459. The van der Waals surface area contributed by atoms with Gasteiger partial charge in [-0.15, -0.1) is 11.3 Å². The van der Waals surface area contributed by atoms with E-state index in [0.717, 1.165) is 29.0 Å². The molecule has 112 valence electrons. The maximum Gasteiger partial charge on any atom is 0.273 e. The van der Waals surface area contributed by atoms with E-state index in [4.69, 9.17) is 11.6 Å². The lowest BCUT2D eigenvalue weighted by atomic mass is 9.98. The minimum Gasteiger partial charge on any atom is -0.313 e. The molecule has 0 spiro atoms. The molecule has 0 fully saturated rings. The maximum atomic E-state index is 12.8. The molecule has 2 aromatic rings. The Hall–Kier alpha value is -1.08. The first-order chi connectivity index (χ1) is 10.0. The third kappa shape index (κ3) is 2.57. The molecule has 4 nitrogen and oxygen atoms in total. The molecule has 2 heterocycles. The van der Waals surface area contributed by atoms with Gasteiger partial charge < -0.3 is 5.32 Å². The lowest BCUT2D eigenvalue weighted by molar-refractivity contribution is 0.529. The number of para-hydroxylation sites is 1. The zero-order chi connectivity index (χ0) is 15.0. The van der Waals surface area contributed by atoms with E-state index in [0.29, 0.717) is 10.9 Å². The number of thiophene rings is 1. The molecule has 0 aliphatic carbocycles. The van der Waals surface area contributed by atoms with Crippen LogP contribution in [0.15, 0.2) is 40.6 Å². The van der Waals surface area contributed by atoms with E-state index in [2.05, 4.69) is 5.32 Å². The van der Waals surface area contributed by atoms with Crippen LogP contribution in [0.4, 0.5) is 5.69 Å². The van der Waals surface area contributed by atoms with Crippen LogP contribution >= 0.6 is 22.9 Å². The molecule has 21 heavy (non-hydrogen) atoms. The summed E-state index contributed by atoms with van der Waals surface area (Å²) in [5.74, 6) is 0. The SMILES string of the molecule is CNC1CCN(S(=O)(=O)c2ccc(Cl)s2)c2ccccc21. The second-order valence-electron chi connectivity index (χ2n) is 4.82. The number of rotatable bonds is 3. The van der Waals surface area contributed by atoms with E-state index in [1.54, 1.807) is 12.1 Å². The maximum absolute atomic E-state index is 12.8. The van der Waals surface area contributed by atoms with Crippen LogP contribution in [-0.4, -0.2) is 22.0 Å². The van der Waals surface area contributed by atoms with Crippen molar-refractivity contribution in [3.8, 4) is 0 Å². The first kappa shape index (κ1) is 14.8. The van der Waals surface area contributed by atoms with Gasteiger partial charge in [-0.1, -0.05) is 29.8 Å². The molecule has 0 bridgehead atoms. The van der Waals surface area contributed by atoms with Gasteiger partial charge >= 0.3 is 0 Å². The van der Waals surface area contributed by atoms with E-state index < -0.39 is 10.0 Å². The second kappa shape index (κ2) is 5.61. The van der Waals surface area contributed by atoms with Crippen LogP contribution < -0.4 is 9.62 Å². The molecule has 1 unspecified atom stereocenters. The van der Waals surface area contributed by atoms with Crippen molar-refractivity contribution in [3.05, 3.63) is 46.3 Å². The Morgan fingerprint density at radius 1 is 1.29 bits per heavy atom. The summed E-state index contributed by atoms with van der Waals surface area (Å²) >= 11 is 6.97. The van der Waals surface area contributed by atoms with Crippen molar-refractivity contribution < 1.29 is 8.42 Å². The standard InChI is InChI=1S/C14H15ClN2O2S2/c1-16-11-8-9-17(12-5-3-2-4-10(11)12)21(18,19)14-7-6-13(15)20-14/h2-7,11,16H,8-9H2,1H3. The average molecular weight is 343 g/mol. The number of anilines is 1. The second-order valence-corrected chi connectivity index (χ2v) is 8.63. The molecule has 1 aliphatic heterocycles. The zero-order valence-electron chi connectivity index (χ0n) is 11.4. The first-order valence-electron chi connectivity index (χ1n) is 6.58. The van der Waals surface area contributed by atoms with Crippen LogP contribution in [0.5, 0.6) is 0 Å². The Morgan fingerprint density at radius 2 is 2.05 bits per heavy atom. The van der Waals surface area contributed by atoms with Gasteiger partial charge in [-0.25, -0.2) is 8.42 Å². The molecule has 1 N–H and O–H groups in total. The highest BCUT2D eigenvalue weighted by Gasteiger charge is 2.33. The first-order valence-corrected chi connectivity index (χ1v) is 9.22. The number of hydrogen-bond acceptors (Lipinski definition) is 4. The topological polar surface area (TPSA) is 49.4 Å². The summed E-state index contributed by atoms with van der Waals surface area (Å²) in [5.41, 5.74) is 1.75. The Balaban J connectivity index is 2.08. The van der Waals surface area contributed by atoms with Gasteiger partial charge in [0.05, 0.1) is 10.0 Å². The molecule has 1 atom stereocenters. The Kier molecular flexibility index (Phi) is 3.96. The molecule has 0 radical (unpaired) electrons. The highest BCUT2D eigenvalue weighted by molar-refractivity contribution is 7.94. The van der Waals surface area contributed by atoms with Crippen LogP contribution in [0, 0.1) is 0 Å². The average Bonchev–Trinajstić information content (AvgIpc) is 2.93. The van der Waals surface area contributed by atoms with Crippen molar-refractivity contribution in [1.29, 1.82) is 0 Å². The fourth-order valence-electron chi connectivity index (χ4n) is 2.63. The van der Waals surface area contributed by atoms with Crippen molar-refractivity contribution in [3.63, 3.8) is 0 Å². The molecular formula is C14H15ClN2O2S2. The molecule has 0 saturated heterocycles. The predicted molar refractivity (Wildman–Crippen MR) is 86.7 cm³/mol. The fraction of sp³-hybridized carbons (Fsp3) is 0.286. The van der Waals surface area contributed by atoms with Crippen molar-refractivity contribution in [1.82, 2.24) is 5.32 Å². The van der Waals surface area contributed by atoms with Crippen LogP contribution in [0.1, 0.15) is 18.0 Å². The van der Waals surface area contributed by atoms with E-state index in [9.17, 15) is 8.42 Å². The Labute approximate surface area is 133 Å². The van der Waals surface area contributed by atoms with Crippen molar-refractivity contribution in [2.45, 2.75) is 16.7 Å². The molecule has 1 aliphatic rings. The van der Waals surface area contributed by atoms with Gasteiger partial charge in [0.25, 0.3) is 10.0 Å². The Morgan fingerprint density at radius 3 is 2.71 bits per heavy atom. The van der Waals surface area contributed by atoms with Crippen LogP contribution in [0.25, 0.3) is 0 Å². The minimum absolute atomic E-state index is 0.180. The zero-order valence-corrected chi connectivity index (χ0v) is 13.8. The van der Waals surface area contributed by atoms with Crippen molar-refractivity contribution >= 4 is 38.6 Å². The van der Waals surface area contributed by atoms with Crippen LogP contribution in [0.3, 0.4) is 0 Å². The fourth-order valence-corrected chi connectivity index (χ4v) is 5.73. The number of fused-ring (bicyclic) bond motifs is 1. The molecule has 0 amide bonds. The van der Waals surface area contributed by atoms with Gasteiger partial charge in [0.2, 0.25) is 0 Å². The summed E-state index contributed by atoms with van der Waals surface area (Å²) in [6.07, 6.45) is 0.742. The molecule has 7 heteroatoms. The number of benzene rings is 1. The number of nitrogens with one attached hydrogen (secondary N) is 1. The van der Waals surface area contributed by atoms with E-state index in [1.165, 1.54) is 4.31 Å². The quantitative estimate of drug-likeness (QED) is 0.931. The third-order valence-electron chi connectivity index (χ3n) is 3.64. The van der Waals surface area contributed by atoms with E-state index in [1.807, 2.05) is 31.3 Å². The predicted octanol–water partition coefficient (Wildman–Crippen LogP) is 3.26. The third-order valence-corrected chi connectivity index (χ3v) is 7.15. The highest BCUT2D eigenvalue weighted by Crippen LogP contribution is 2.38. The molecule has 1 aromatic carbocycles. The summed E-state index contributed by atoms with van der Waals surface area (Å²) in [7, 11) is -1.65. The highest BCUT2D eigenvalue weighted by atomic mass is 35.5. The lowest BCUT2D eigenvalue weighted by Crippen LogP contribution is -2.38. The summed E-state index contributed by atoms with van der Waals surface area (Å²) in [5, 5.41) is 3.24. The van der Waals surface area contributed by atoms with Gasteiger partial charge in [-0.2, -0.15) is 0 Å². The molecular weight excluding hydrogens is 328 g/mol. The largest absolute Gasteiger partial charge is 0.313 e. The Bertz CT molecular complexity index is 758. The summed E-state index contributed by atoms with van der Waals surface area (Å²) in [6, 6.07) is 11.0.